The van der Waals surface area contributed by atoms with Crippen LogP contribution in [0.15, 0.2) is 54.6 Å². The van der Waals surface area contributed by atoms with Crippen molar-refractivity contribution in [2.75, 3.05) is 83.2 Å². The van der Waals surface area contributed by atoms with Crippen molar-refractivity contribution >= 4 is 80.4 Å². The van der Waals surface area contributed by atoms with Crippen LogP contribution in [0.5, 0.6) is 11.5 Å². The fraction of sp³-hybridized carbons (Fsp3) is 0.654. The predicted molar refractivity (Wildman–Crippen MR) is 424 cm³/mol. The number of rotatable bonds is 55. The van der Waals surface area contributed by atoms with Gasteiger partial charge in [-0.3, -0.25) is 32.5 Å². The summed E-state index contributed by atoms with van der Waals surface area (Å²) in [5, 5.41) is 16.9. The van der Waals surface area contributed by atoms with Crippen molar-refractivity contribution in [3.63, 3.8) is 0 Å². The monoisotopic (exact) mass is 1580 g/mol. The standard InChI is InChI=1S/C81H123N4O21PS2/c1-9-11-13-15-17-19-21-23-25-27-29-31-33-35-37-39-74(86)102-56-63(105-75(87)40-38-36-34-32-30-28-26-24-22-20-18-16-14-12-10-2)57-104-107(92,93)103-46-44-83-79(91)101-48-47-100-45-43-82-77(88)60-41-42-64(67(49-60)78(89)90)76-68-50-65-61(58-108(94,95)96)54-80(3,4)84(7)70(65)52-72(68)106-73-53-71-66(51-69(73)76)62(59-109(97,98)99)55-81(5,6)85(71)8/h41-42,49-55,63H,9-40,43-48,56-59H2,1-8H3,(H5-,82,83,88,89,90,91,92,93,94,95,96,97,98,99)/p+1/t63-/m1/s1. The molecule has 0 saturated carbocycles. The first-order chi connectivity index (χ1) is 51.8. The Bertz CT molecular complexity index is 3990. The third kappa shape index (κ3) is 31.9. The van der Waals surface area contributed by atoms with Crippen molar-refractivity contribution in [1.82, 2.24) is 15.2 Å². The highest BCUT2D eigenvalue weighted by molar-refractivity contribution is 7.86. The van der Waals surface area contributed by atoms with Crippen LogP contribution in [0.2, 0.25) is 0 Å². The molecular formula is C81H124N4O21PS2+. The highest BCUT2D eigenvalue weighted by Crippen LogP contribution is 2.47. The summed E-state index contributed by atoms with van der Waals surface area (Å²) in [6, 6.07) is 10.8. The molecule has 6 N–H and O–H groups in total. The number of benzene rings is 3. The molecule has 3 aliphatic heterocycles. The molecule has 1 unspecified atom stereocenters. The Labute approximate surface area is 646 Å². The molecule has 3 aliphatic rings. The number of phosphoric acid groups is 1. The first kappa shape index (κ1) is 91.3. The number of anilines is 1. The van der Waals surface area contributed by atoms with E-state index in [-0.39, 0.29) is 97.3 Å². The molecule has 3 heterocycles. The highest BCUT2D eigenvalue weighted by Gasteiger charge is 2.38. The Morgan fingerprint density at radius 3 is 1.61 bits per heavy atom. The van der Waals surface area contributed by atoms with Gasteiger partial charge >= 0.3 is 31.8 Å². The van der Waals surface area contributed by atoms with Crippen molar-refractivity contribution in [1.29, 1.82) is 0 Å². The Hall–Kier alpha value is -6.55. The fourth-order valence-corrected chi connectivity index (χ4v) is 16.0. The minimum absolute atomic E-state index is 0.0494. The number of fused-ring (bicyclic) bond motifs is 4. The lowest BCUT2D eigenvalue weighted by Gasteiger charge is -2.41. The molecule has 610 valence electrons. The summed E-state index contributed by atoms with van der Waals surface area (Å²) in [7, 11) is -10.3. The van der Waals surface area contributed by atoms with Crippen molar-refractivity contribution in [3.05, 3.63) is 98.6 Å². The van der Waals surface area contributed by atoms with E-state index in [1.54, 1.807) is 36.4 Å². The van der Waals surface area contributed by atoms with E-state index in [0.29, 0.717) is 45.8 Å². The summed E-state index contributed by atoms with van der Waals surface area (Å²) in [6.45, 7) is 9.70. The maximum absolute atomic E-state index is 13.7. The van der Waals surface area contributed by atoms with Crippen LogP contribution in [-0.2, 0) is 62.4 Å². The SMILES string of the molecule is CCCCCCCCCCCCCCCCCC(=O)OC[C@H](COP(=O)(O)OCCNC(=O)OCCOCCNC(=O)c1ccc(C2=c3cc4c(cc3Oc3cc5c(cc32)C(CS(=O)(=O)O)=CC(C)(C)N5C)=[N+](C)C(C)(C)C=C4CS(=O)(=O)O)c(C(=O)O)c1)OC(=O)CCCCCCCCCCCCCCCCC. The molecule has 0 radical (unpaired) electrons. The zero-order valence-corrected chi connectivity index (χ0v) is 68.4. The highest BCUT2D eigenvalue weighted by atomic mass is 32.2. The molecule has 0 fully saturated rings. The average molecular weight is 1580 g/mol. The van der Waals surface area contributed by atoms with Gasteiger partial charge in [0.05, 0.1) is 49.2 Å². The Balaban J connectivity index is 0.972. The van der Waals surface area contributed by atoms with Crippen molar-refractivity contribution < 1.29 is 97.2 Å². The number of likely N-dealkylation sites (N-methyl/N-ethyl adjacent to an activating group) is 2. The number of esters is 2. The van der Waals surface area contributed by atoms with Gasteiger partial charge in [0.15, 0.2) is 11.6 Å². The minimum Gasteiger partial charge on any atom is -0.478 e. The van der Waals surface area contributed by atoms with Gasteiger partial charge in [-0.25, -0.2) is 18.7 Å². The molecule has 2 atom stereocenters. The number of amides is 2. The lowest BCUT2D eigenvalue weighted by molar-refractivity contribution is -0.161. The van der Waals surface area contributed by atoms with E-state index < -0.39 is 99.9 Å². The second kappa shape index (κ2) is 45.8. The number of hydrogen-bond acceptors (Lipinski definition) is 18. The quantitative estimate of drug-likeness (QED) is 0.00597. The van der Waals surface area contributed by atoms with Crippen LogP contribution in [0.3, 0.4) is 0 Å². The molecular weight excluding hydrogens is 1460 g/mol. The fourth-order valence-electron chi connectivity index (χ4n) is 14.0. The Kier molecular flexibility index (Phi) is 38.4. The molecule has 109 heavy (non-hydrogen) atoms. The molecule has 0 bridgehead atoms. The van der Waals surface area contributed by atoms with E-state index in [0.717, 1.165) is 44.9 Å². The van der Waals surface area contributed by atoms with Gasteiger partial charge in [-0.1, -0.05) is 206 Å². The third-order valence-electron chi connectivity index (χ3n) is 20.3. The number of phosphoric ester groups is 1. The lowest BCUT2D eigenvalue weighted by atomic mass is 9.83. The minimum atomic E-state index is -4.78. The number of carboxylic acid groups (broad SMARTS) is 1. The molecule has 0 saturated heterocycles. The molecule has 6 rings (SSSR count). The van der Waals surface area contributed by atoms with Crippen LogP contribution in [0.1, 0.15) is 290 Å². The Morgan fingerprint density at radius 1 is 0.569 bits per heavy atom. The van der Waals surface area contributed by atoms with Gasteiger partial charge in [-0.05, 0) is 73.7 Å². The number of carbonyl (C=O) groups is 5. The zero-order chi connectivity index (χ0) is 79.6. The van der Waals surface area contributed by atoms with E-state index in [4.69, 9.17) is 32.7 Å². The van der Waals surface area contributed by atoms with Crippen LogP contribution in [0.25, 0.3) is 16.7 Å². The molecule has 25 nitrogen and oxygen atoms in total. The Morgan fingerprint density at radius 2 is 1.08 bits per heavy atom. The number of ether oxygens (including phenoxy) is 5. The van der Waals surface area contributed by atoms with E-state index in [1.165, 1.54) is 153 Å². The summed E-state index contributed by atoms with van der Waals surface area (Å²) < 4.78 is 124. The predicted octanol–water partition coefficient (Wildman–Crippen LogP) is 15.0. The molecule has 0 aliphatic carbocycles. The summed E-state index contributed by atoms with van der Waals surface area (Å²) in [4.78, 5) is 78.0. The smallest absolute Gasteiger partial charge is 0.472 e. The summed E-state index contributed by atoms with van der Waals surface area (Å²) in [5.41, 5.74) is 0.648. The number of carbonyl (C=O) groups excluding carboxylic acids is 4. The summed E-state index contributed by atoms with van der Waals surface area (Å²) in [5.74, 6) is -4.11. The molecule has 2 amide bonds. The first-order valence-corrected chi connectivity index (χ1v) is 44.4. The number of unbranched alkanes of at least 4 members (excludes halogenated alkanes) is 28. The number of carboxylic acids is 1. The van der Waals surface area contributed by atoms with Gasteiger partial charge in [0.25, 0.3) is 26.1 Å². The van der Waals surface area contributed by atoms with E-state index in [2.05, 4.69) is 24.5 Å². The summed E-state index contributed by atoms with van der Waals surface area (Å²) in [6.07, 6.45) is 37.1. The number of nitrogens with zero attached hydrogens (tertiary/aromatic N) is 2. The van der Waals surface area contributed by atoms with Crippen molar-refractivity contribution in [2.24, 2.45) is 0 Å². The number of alkyl carbamates (subject to hydrolysis) is 1. The normalized spacial score (nSPS) is 15.1. The van der Waals surface area contributed by atoms with E-state index in [1.807, 2.05) is 51.3 Å². The van der Waals surface area contributed by atoms with Crippen LogP contribution in [-0.4, -0.2) is 161 Å². The van der Waals surface area contributed by atoms with Crippen molar-refractivity contribution in [2.45, 2.75) is 264 Å². The molecule has 0 aromatic heterocycles. The van der Waals surface area contributed by atoms with E-state index in [9.17, 15) is 64.5 Å². The van der Waals surface area contributed by atoms with Crippen molar-refractivity contribution in [3.8, 4) is 11.5 Å². The molecule has 28 heteroatoms. The van der Waals surface area contributed by atoms with Crippen LogP contribution in [0.4, 0.5) is 10.5 Å². The molecule has 0 spiro atoms. The zero-order valence-electron chi connectivity index (χ0n) is 65.9. The lowest BCUT2D eigenvalue weighted by Crippen LogP contribution is -2.47. The van der Waals surface area contributed by atoms with Gasteiger partial charge in [-0.15, -0.1) is 0 Å². The van der Waals surface area contributed by atoms with Gasteiger partial charge in [-0.2, -0.15) is 16.8 Å². The maximum atomic E-state index is 13.7. The maximum Gasteiger partial charge on any atom is 0.472 e. The summed E-state index contributed by atoms with van der Waals surface area (Å²) >= 11 is 0. The van der Waals surface area contributed by atoms with Gasteiger partial charge in [0.1, 0.15) is 43.3 Å². The topological polar surface area (TPSA) is 347 Å². The average Bonchev–Trinajstić information content (AvgIpc) is 0.715. The number of hydrogen-bond donors (Lipinski definition) is 6. The van der Waals surface area contributed by atoms with Crippen LogP contribution < -0.4 is 35.4 Å². The van der Waals surface area contributed by atoms with Gasteiger partial charge in [0, 0.05) is 86.1 Å². The van der Waals surface area contributed by atoms with Crippen LogP contribution in [0, 0.1) is 0 Å². The number of aromatic carboxylic acids is 1. The second-order valence-corrected chi connectivity index (χ2v) is 34.6. The molecule has 3 aromatic rings. The van der Waals surface area contributed by atoms with Crippen LogP contribution >= 0.6 is 7.82 Å². The second-order valence-electron chi connectivity index (χ2n) is 30.2. The van der Waals surface area contributed by atoms with Gasteiger partial charge < -0.3 is 49.2 Å². The van der Waals surface area contributed by atoms with E-state index >= 15 is 0 Å². The largest absolute Gasteiger partial charge is 0.478 e. The third-order valence-corrected chi connectivity index (χ3v) is 22.7. The van der Waals surface area contributed by atoms with Gasteiger partial charge in [0.2, 0.25) is 5.36 Å². The first-order valence-electron chi connectivity index (χ1n) is 39.7. The number of nitrogens with one attached hydrogen (secondary N) is 2. The molecule has 3 aromatic carbocycles.